The number of amides is 1. The van der Waals surface area contributed by atoms with E-state index in [1.165, 1.54) is 28.0 Å². The molecule has 0 aliphatic carbocycles. The van der Waals surface area contributed by atoms with Gasteiger partial charge in [0.1, 0.15) is 11.4 Å². The summed E-state index contributed by atoms with van der Waals surface area (Å²) >= 11 is 1.20. The van der Waals surface area contributed by atoms with E-state index in [0.29, 0.717) is 35.2 Å². The largest absolute Gasteiger partial charge is 0.368 e. The molecule has 0 saturated carbocycles. The van der Waals surface area contributed by atoms with Gasteiger partial charge in [0.05, 0.1) is 0 Å². The van der Waals surface area contributed by atoms with Gasteiger partial charge in [-0.15, -0.1) is 0 Å². The maximum absolute atomic E-state index is 13.5. The second-order valence-corrected chi connectivity index (χ2v) is 9.37. The number of hydrogen-bond acceptors (Lipinski definition) is 9. The highest BCUT2D eigenvalue weighted by atomic mass is 32.1. The van der Waals surface area contributed by atoms with Crippen LogP contribution in [0.15, 0.2) is 33.6 Å². The monoisotopic (exact) mass is 483 g/mol. The second-order valence-electron chi connectivity index (χ2n) is 8.41. The van der Waals surface area contributed by atoms with Crippen molar-refractivity contribution in [3.05, 3.63) is 51.8 Å². The number of rotatable bonds is 5. The lowest BCUT2D eigenvalue weighted by molar-refractivity contribution is -0.123. The molecule has 176 valence electrons. The first-order valence-corrected chi connectivity index (χ1v) is 11.6. The van der Waals surface area contributed by atoms with E-state index in [9.17, 15) is 14.0 Å². The molecule has 1 aliphatic rings. The third kappa shape index (κ3) is 3.28. The predicted octanol–water partition coefficient (Wildman–Crippen LogP) is 2.52. The lowest BCUT2D eigenvalue weighted by atomic mass is 9.78. The molecular weight excluding hydrogens is 461 g/mol. The summed E-state index contributed by atoms with van der Waals surface area (Å²) in [6.45, 7) is 4.11. The van der Waals surface area contributed by atoms with Crippen molar-refractivity contribution in [1.29, 1.82) is 0 Å². The topological polar surface area (TPSA) is 133 Å². The van der Waals surface area contributed by atoms with Crippen molar-refractivity contribution in [2.75, 3.05) is 11.4 Å². The molecule has 2 N–H and O–H groups in total. The van der Waals surface area contributed by atoms with E-state index in [1.807, 2.05) is 11.8 Å². The minimum atomic E-state index is -1.08. The van der Waals surface area contributed by atoms with Crippen molar-refractivity contribution in [2.24, 2.45) is 12.8 Å². The van der Waals surface area contributed by atoms with Crippen LogP contribution in [0, 0.1) is 12.7 Å². The number of halogens is 1. The lowest BCUT2D eigenvalue weighted by Crippen LogP contribution is -2.57. The Hall–Kier alpha value is -3.67. The van der Waals surface area contributed by atoms with E-state index in [1.54, 1.807) is 26.1 Å². The Balaban J connectivity index is 1.63. The van der Waals surface area contributed by atoms with E-state index >= 15 is 0 Å². The lowest BCUT2D eigenvalue weighted by Gasteiger charge is -2.40. The van der Waals surface area contributed by atoms with Gasteiger partial charge in [-0.2, -0.15) is 4.98 Å². The fourth-order valence-corrected chi connectivity index (χ4v) is 5.73. The fourth-order valence-electron chi connectivity index (χ4n) is 4.69. The van der Waals surface area contributed by atoms with Gasteiger partial charge in [0.25, 0.3) is 11.4 Å². The molecular formula is C22H22FN7O3S. The number of benzene rings is 1. The van der Waals surface area contributed by atoms with Gasteiger partial charge in [-0.1, -0.05) is 35.5 Å². The Labute approximate surface area is 197 Å². The van der Waals surface area contributed by atoms with Crippen molar-refractivity contribution in [2.45, 2.75) is 38.1 Å². The van der Waals surface area contributed by atoms with Crippen LogP contribution in [0.25, 0.3) is 22.1 Å². The van der Waals surface area contributed by atoms with Crippen LogP contribution in [0.1, 0.15) is 37.1 Å². The summed E-state index contributed by atoms with van der Waals surface area (Å²) in [6.07, 6.45) is 1.22. The number of hydrogen-bond donors (Lipinski definition) is 1. The van der Waals surface area contributed by atoms with Crippen LogP contribution in [0.2, 0.25) is 0 Å². The minimum Gasteiger partial charge on any atom is -0.368 e. The van der Waals surface area contributed by atoms with Crippen molar-refractivity contribution in [1.82, 2.24) is 24.7 Å². The molecule has 0 spiro atoms. The zero-order valence-electron chi connectivity index (χ0n) is 18.8. The minimum absolute atomic E-state index is 0.131. The molecule has 1 aromatic carbocycles. The molecule has 1 amide bonds. The van der Waals surface area contributed by atoms with Gasteiger partial charge in [0, 0.05) is 19.5 Å². The molecule has 4 aromatic rings. The van der Waals surface area contributed by atoms with Gasteiger partial charge < -0.3 is 15.2 Å². The molecule has 1 aliphatic heterocycles. The summed E-state index contributed by atoms with van der Waals surface area (Å²) in [4.78, 5) is 41.6. The Bertz CT molecular complexity index is 1460. The van der Waals surface area contributed by atoms with Gasteiger partial charge in [0.2, 0.25) is 11.7 Å². The summed E-state index contributed by atoms with van der Waals surface area (Å²) in [5.74, 6) is -0.404. The van der Waals surface area contributed by atoms with Crippen LogP contribution in [-0.2, 0) is 11.8 Å². The van der Waals surface area contributed by atoms with Gasteiger partial charge in [0.15, 0.2) is 21.3 Å². The first-order valence-electron chi connectivity index (χ1n) is 10.7. The van der Waals surface area contributed by atoms with Crippen molar-refractivity contribution >= 4 is 32.7 Å². The molecule has 0 radical (unpaired) electrons. The number of nitrogens with zero attached hydrogens (tertiary/aromatic N) is 6. The van der Waals surface area contributed by atoms with Gasteiger partial charge in [-0.3, -0.25) is 14.2 Å². The third-order valence-corrected chi connectivity index (χ3v) is 7.49. The average Bonchev–Trinajstić information content (AvgIpc) is 3.54. The van der Waals surface area contributed by atoms with Crippen LogP contribution in [-0.4, -0.2) is 42.7 Å². The number of fused-ring (bicyclic) bond motifs is 1. The van der Waals surface area contributed by atoms with E-state index in [2.05, 4.69) is 20.1 Å². The number of carbonyl (C=O) groups is 1. The number of thiazole rings is 1. The Morgan fingerprint density at radius 3 is 2.65 bits per heavy atom. The number of primary amides is 1. The number of anilines is 1. The molecule has 12 heteroatoms. The summed E-state index contributed by atoms with van der Waals surface area (Å²) in [5.41, 5.74) is 5.52. The molecule has 10 nitrogen and oxygen atoms in total. The van der Waals surface area contributed by atoms with Crippen molar-refractivity contribution in [3.63, 3.8) is 0 Å². The molecule has 4 heterocycles. The highest BCUT2D eigenvalue weighted by Gasteiger charge is 2.52. The molecule has 1 unspecified atom stereocenters. The second kappa shape index (κ2) is 7.97. The number of aryl methyl sites for hydroxylation is 1. The molecule has 34 heavy (non-hydrogen) atoms. The standard InChI is InChI=1S/C22H22FN7O3S/c1-11(13-5-7-14(23)8-6-13)22(20(24)32)9-4-10-30(22)21-26-15-18(34-21)27-16(29(3)19(15)31)17-25-12(2)28-33-17/h5-8,11H,4,9-10H2,1-3H3,(H2,24,32)/t11-,22?/m1/s1. The summed E-state index contributed by atoms with van der Waals surface area (Å²) in [5, 5.41) is 4.24. The number of carbonyl (C=O) groups excluding carboxylic acids is 1. The first-order chi connectivity index (χ1) is 16.2. The number of nitrogens with two attached hydrogens (primary N) is 1. The van der Waals surface area contributed by atoms with Crippen LogP contribution in [0.5, 0.6) is 0 Å². The van der Waals surface area contributed by atoms with E-state index in [-0.39, 0.29) is 34.5 Å². The Morgan fingerprint density at radius 2 is 2.00 bits per heavy atom. The van der Waals surface area contributed by atoms with Crippen LogP contribution < -0.4 is 16.2 Å². The third-order valence-electron chi connectivity index (χ3n) is 6.51. The maximum atomic E-state index is 13.5. The molecule has 3 aromatic heterocycles. The normalized spacial score (nSPS) is 19.1. The van der Waals surface area contributed by atoms with E-state index in [4.69, 9.17) is 10.3 Å². The average molecular weight is 484 g/mol. The molecule has 0 bridgehead atoms. The zero-order chi connectivity index (χ0) is 24.2. The Kier molecular flexibility index (Phi) is 5.19. The fraction of sp³-hybridized carbons (Fsp3) is 0.364. The molecule has 2 atom stereocenters. The quantitative estimate of drug-likeness (QED) is 0.458. The molecule has 1 fully saturated rings. The highest BCUT2D eigenvalue weighted by Crippen LogP contribution is 2.45. The highest BCUT2D eigenvalue weighted by molar-refractivity contribution is 7.21. The van der Waals surface area contributed by atoms with Crippen molar-refractivity contribution in [3.8, 4) is 11.7 Å². The maximum Gasteiger partial charge on any atom is 0.294 e. The van der Waals surface area contributed by atoms with Crippen LogP contribution >= 0.6 is 11.3 Å². The molecule has 5 rings (SSSR count). The number of aromatic nitrogens is 5. The van der Waals surface area contributed by atoms with Gasteiger partial charge in [-0.05, 0) is 37.5 Å². The van der Waals surface area contributed by atoms with Gasteiger partial charge >= 0.3 is 0 Å². The van der Waals surface area contributed by atoms with E-state index in [0.717, 1.165) is 5.56 Å². The summed E-state index contributed by atoms with van der Waals surface area (Å²) in [7, 11) is 1.56. The van der Waals surface area contributed by atoms with Crippen LogP contribution in [0.4, 0.5) is 9.52 Å². The van der Waals surface area contributed by atoms with E-state index < -0.39 is 11.4 Å². The SMILES string of the molecule is Cc1noc(-c2nc3sc(N4CCCC4(C(N)=O)[C@H](C)c4ccc(F)cc4)nc3c(=O)n2C)n1. The Morgan fingerprint density at radius 1 is 1.26 bits per heavy atom. The van der Waals surface area contributed by atoms with Crippen molar-refractivity contribution < 1.29 is 13.7 Å². The molecule has 1 saturated heterocycles. The van der Waals surface area contributed by atoms with Gasteiger partial charge in [-0.25, -0.2) is 14.4 Å². The summed E-state index contributed by atoms with van der Waals surface area (Å²) < 4.78 is 20.0. The van der Waals surface area contributed by atoms with Crippen LogP contribution in [0.3, 0.4) is 0 Å². The first kappa shape index (κ1) is 22.1. The predicted molar refractivity (Wildman–Crippen MR) is 124 cm³/mol. The summed E-state index contributed by atoms with van der Waals surface area (Å²) in [6, 6.07) is 6.06. The zero-order valence-corrected chi connectivity index (χ0v) is 19.6. The smallest absolute Gasteiger partial charge is 0.294 e.